The molecule has 0 bridgehead atoms. The normalized spacial score (nSPS) is 30.8. The van der Waals surface area contributed by atoms with Gasteiger partial charge in [0.2, 0.25) is 0 Å². The zero-order valence-electron chi connectivity index (χ0n) is 10.2. The molecule has 0 unspecified atom stereocenters. The van der Waals surface area contributed by atoms with E-state index < -0.39 is 0 Å². The summed E-state index contributed by atoms with van der Waals surface area (Å²) < 4.78 is 0. The molecule has 2 heterocycles. The molecule has 0 aromatic carbocycles. The highest BCUT2D eigenvalue weighted by Gasteiger charge is 2.42. The summed E-state index contributed by atoms with van der Waals surface area (Å²) in [6.07, 6.45) is 5.21. The molecule has 3 nitrogen and oxygen atoms in total. The van der Waals surface area contributed by atoms with Crippen molar-refractivity contribution in [3.63, 3.8) is 0 Å². The molecule has 2 saturated heterocycles. The van der Waals surface area contributed by atoms with Crippen LogP contribution in [0.1, 0.15) is 47.0 Å². The molecule has 2 rings (SSSR count). The molecule has 0 aromatic rings. The monoisotopic (exact) mass is 258 g/mol. The largest absolute Gasteiger partial charge is 0.332 e. The first kappa shape index (κ1) is 14.7. The summed E-state index contributed by atoms with van der Waals surface area (Å²) in [7, 11) is 0. The molecule has 0 aliphatic carbocycles. The quantitative estimate of drug-likeness (QED) is 0.588. The third-order valence-corrected chi connectivity index (χ3v) is 4.97. The molecule has 0 radical (unpaired) electrons. The van der Waals surface area contributed by atoms with Gasteiger partial charge >= 0.3 is 6.03 Å². The van der Waals surface area contributed by atoms with Crippen LogP contribution in [0.3, 0.4) is 0 Å². The van der Waals surface area contributed by atoms with Gasteiger partial charge in [0.25, 0.3) is 0 Å². The van der Waals surface area contributed by atoms with Crippen LogP contribution < -0.4 is 10.6 Å². The first-order chi connectivity index (χ1) is 7.66. The minimum atomic E-state index is 0. The lowest BCUT2D eigenvalue weighted by Gasteiger charge is -2.16. The van der Waals surface area contributed by atoms with Crippen molar-refractivity contribution in [1.29, 1.82) is 0 Å². The number of carbonyl (C=O) groups is 1. The summed E-state index contributed by atoms with van der Waals surface area (Å²) in [6, 6.07) is 0.798. The lowest BCUT2D eigenvalue weighted by molar-refractivity contribution is 0.247. The number of nitrogens with one attached hydrogen (secondary N) is 2. The second-order valence-corrected chi connectivity index (χ2v) is 6.57. The van der Waals surface area contributed by atoms with Crippen LogP contribution >= 0.6 is 11.8 Å². The molecule has 17 heavy (non-hydrogen) atoms. The van der Waals surface area contributed by atoms with E-state index in [9.17, 15) is 4.79 Å². The highest BCUT2D eigenvalue weighted by Crippen LogP contribution is 2.33. The van der Waals surface area contributed by atoms with Crippen molar-refractivity contribution < 1.29 is 4.79 Å². The van der Waals surface area contributed by atoms with E-state index in [1.165, 1.54) is 25.7 Å². The molecule has 0 aromatic heterocycles. The number of carbonyl (C=O) groups excluding carboxylic acids is 1. The van der Waals surface area contributed by atoms with Crippen molar-refractivity contribution in [2.45, 2.75) is 64.3 Å². The van der Waals surface area contributed by atoms with Gasteiger partial charge in [0.15, 0.2) is 0 Å². The van der Waals surface area contributed by atoms with Gasteiger partial charge in [-0.05, 0) is 12.3 Å². The van der Waals surface area contributed by atoms with Crippen LogP contribution in [0.5, 0.6) is 0 Å². The Labute approximate surface area is 109 Å². The van der Waals surface area contributed by atoms with E-state index >= 15 is 0 Å². The number of amides is 2. The first-order valence-electron chi connectivity index (χ1n) is 6.35. The molecule has 2 aliphatic rings. The maximum atomic E-state index is 11.2. The van der Waals surface area contributed by atoms with Gasteiger partial charge in [0.1, 0.15) is 0 Å². The Morgan fingerprint density at radius 3 is 2.82 bits per heavy atom. The lowest BCUT2D eigenvalue weighted by atomic mass is 10.0. The van der Waals surface area contributed by atoms with Crippen molar-refractivity contribution in [2.75, 3.05) is 5.75 Å². The van der Waals surface area contributed by atoms with E-state index in [-0.39, 0.29) is 13.5 Å². The maximum absolute atomic E-state index is 11.2. The van der Waals surface area contributed by atoms with Gasteiger partial charge in [-0.3, -0.25) is 0 Å². The summed E-state index contributed by atoms with van der Waals surface area (Å²) >= 11 is 2.02. The minimum absolute atomic E-state index is 0. The van der Waals surface area contributed by atoms with Crippen molar-refractivity contribution in [2.24, 2.45) is 5.92 Å². The highest BCUT2D eigenvalue weighted by molar-refractivity contribution is 8.00. The van der Waals surface area contributed by atoms with E-state index in [4.69, 9.17) is 0 Å². The van der Waals surface area contributed by atoms with Crippen LogP contribution in [-0.2, 0) is 0 Å². The van der Waals surface area contributed by atoms with Gasteiger partial charge < -0.3 is 10.6 Å². The highest BCUT2D eigenvalue weighted by atomic mass is 32.2. The third kappa shape index (κ3) is 3.80. The summed E-state index contributed by atoms with van der Waals surface area (Å²) in [6.45, 7) is 4.56. The molecule has 2 aliphatic heterocycles. The Bertz CT molecular complexity index is 258. The van der Waals surface area contributed by atoms with Crippen LogP contribution in [-0.4, -0.2) is 29.1 Å². The Kier molecular flexibility index (Phi) is 5.63. The Morgan fingerprint density at radius 2 is 2.12 bits per heavy atom. The van der Waals surface area contributed by atoms with Crippen molar-refractivity contribution in [3.05, 3.63) is 0 Å². The molecule has 3 atom stereocenters. The molecule has 4 heteroatoms. The Balaban J connectivity index is 0.00000144. The van der Waals surface area contributed by atoms with Crippen LogP contribution in [0.2, 0.25) is 0 Å². The number of rotatable bonds is 5. The number of hydrogen-bond acceptors (Lipinski definition) is 2. The summed E-state index contributed by atoms with van der Waals surface area (Å²) in [4.78, 5) is 11.2. The number of urea groups is 1. The first-order valence-corrected chi connectivity index (χ1v) is 7.40. The van der Waals surface area contributed by atoms with E-state index in [1.54, 1.807) is 0 Å². The zero-order chi connectivity index (χ0) is 11.5. The number of unbranched alkanes of at least 4 members (excludes halogenated alkanes) is 1. The average Bonchev–Trinajstić information content (AvgIpc) is 2.72. The van der Waals surface area contributed by atoms with Crippen molar-refractivity contribution >= 4 is 17.8 Å². The van der Waals surface area contributed by atoms with E-state index in [1.807, 2.05) is 11.8 Å². The van der Waals surface area contributed by atoms with E-state index in [2.05, 4.69) is 24.5 Å². The van der Waals surface area contributed by atoms with Gasteiger partial charge in [-0.15, -0.1) is 0 Å². The standard InChI is InChI=1S/C12H22N2OS.CH4/c1-8(2)5-3-4-6-10-11-9(7-16-10)13-12(15)14-11;/h8-11H,3-7H2,1-2H3,(H2,13,14,15);1H4/t9-,10-,11-;/m0./s1. The van der Waals surface area contributed by atoms with Gasteiger partial charge in [-0.25, -0.2) is 4.79 Å². The van der Waals surface area contributed by atoms with Gasteiger partial charge in [-0.2, -0.15) is 11.8 Å². The molecule has 0 spiro atoms. The van der Waals surface area contributed by atoms with Crippen molar-refractivity contribution in [3.8, 4) is 0 Å². The smallest absolute Gasteiger partial charge is 0.315 e. The number of fused-ring (bicyclic) bond motifs is 1. The third-order valence-electron chi connectivity index (χ3n) is 3.46. The second kappa shape index (κ2) is 6.53. The summed E-state index contributed by atoms with van der Waals surface area (Å²) in [5, 5.41) is 6.66. The van der Waals surface area contributed by atoms with E-state index in [0.29, 0.717) is 17.3 Å². The summed E-state index contributed by atoms with van der Waals surface area (Å²) in [5.74, 6) is 1.90. The maximum Gasteiger partial charge on any atom is 0.315 e. The predicted octanol–water partition coefficient (Wildman–Crippen LogP) is 3.00. The predicted molar refractivity (Wildman–Crippen MR) is 75.5 cm³/mol. The van der Waals surface area contributed by atoms with Crippen molar-refractivity contribution in [1.82, 2.24) is 10.6 Å². The fourth-order valence-corrected chi connectivity index (χ4v) is 4.08. The SMILES string of the molecule is C.CC(C)CCCC[C@@H]1SC[C@@H]2NC(=O)N[C@@H]21. The second-order valence-electron chi connectivity index (χ2n) is 5.30. The number of hydrogen-bond donors (Lipinski definition) is 2. The van der Waals surface area contributed by atoms with Crippen LogP contribution in [0.15, 0.2) is 0 Å². The Morgan fingerprint density at radius 1 is 1.35 bits per heavy atom. The molecule has 2 amide bonds. The van der Waals surface area contributed by atoms with Gasteiger partial charge in [0.05, 0.1) is 12.1 Å². The van der Waals surface area contributed by atoms with Crippen LogP contribution in [0, 0.1) is 5.92 Å². The molecule has 2 N–H and O–H groups in total. The molecular formula is C13H26N2OS. The topological polar surface area (TPSA) is 41.1 Å². The minimum Gasteiger partial charge on any atom is -0.332 e. The lowest BCUT2D eigenvalue weighted by Crippen LogP contribution is -2.36. The molecule has 0 saturated carbocycles. The fraction of sp³-hybridized carbons (Fsp3) is 0.923. The van der Waals surface area contributed by atoms with Gasteiger partial charge in [0, 0.05) is 11.0 Å². The molecule has 2 fully saturated rings. The summed E-state index contributed by atoms with van der Waals surface area (Å²) in [5.41, 5.74) is 0. The fourth-order valence-electron chi connectivity index (χ4n) is 2.54. The Hall–Kier alpha value is -0.380. The average molecular weight is 258 g/mol. The molecule has 100 valence electrons. The van der Waals surface area contributed by atoms with E-state index in [0.717, 1.165) is 11.7 Å². The van der Waals surface area contributed by atoms with Crippen LogP contribution in [0.4, 0.5) is 4.79 Å². The molecular weight excluding hydrogens is 232 g/mol. The number of thioether (sulfide) groups is 1. The van der Waals surface area contributed by atoms with Crippen LogP contribution in [0.25, 0.3) is 0 Å². The van der Waals surface area contributed by atoms with Gasteiger partial charge in [-0.1, -0.05) is 40.5 Å². The zero-order valence-corrected chi connectivity index (χ0v) is 11.0.